The summed E-state index contributed by atoms with van der Waals surface area (Å²) >= 11 is 0. The molecule has 0 bridgehead atoms. The molecule has 332 valence electrons. The molecular formula is C46H61N3O12. The van der Waals surface area contributed by atoms with E-state index >= 15 is 0 Å². The Hall–Kier alpha value is -4.38. The van der Waals surface area contributed by atoms with Crippen molar-refractivity contribution in [3.63, 3.8) is 0 Å². The maximum Gasteiger partial charge on any atom is 0.273 e. The number of unbranched alkanes of at least 4 members (excludes halogenated alkanes) is 2. The molecular weight excluding hydrogens is 787 g/mol. The lowest BCUT2D eigenvalue weighted by Crippen LogP contribution is -2.70. The van der Waals surface area contributed by atoms with E-state index in [1.165, 1.54) is 12.1 Å². The van der Waals surface area contributed by atoms with Crippen molar-refractivity contribution >= 4 is 17.3 Å². The van der Waals surface area contributed by atoms with Crippen LogP contribution in [-0.2, 0) is 23.8 Å². The van der Waals surface area contributed by atoms with Gasteiger partial charge in [0, 0.05) is 56.1 Å². The Morgan fingerprint density at radius 2 is 1.80 bits per heavy atom. The van der Waals surface area contributed by atoms with E-state index in [1.54, 1.807) is 24.3 Å². The quantitative estimate of drug-likeness (QED) is 0.0460. The molecule has 2 aromatic carbocycles. The Balaban J connectivity index is 1.42. The van der Waals surface area contributed by atoms with Gasteiger partial charge in [-0.15, -0.1) is 6.58 Å². The molecule has 3 aliphatic carbocycles. The third-order valence-electron chi connectivity index (χ3n) is 12.6. The summed E-state index contributed by atoms with van der Waals surface area (Å²) in [6.07, 6.45) is 12.2. The van der Waals surface area contributed by atoms with Gasteiger partial charge in [-0.05, 0) is 93.0 Å². The number of nitrogens with zero attached hydrogens (tertiary/aromatic N) is 3. The van der Waals surface area contributed by atoms with E-state index in [-0.39, 0.29) is 87.9 Å². The first-order valence-electron chi connectivity index (χ1n) is 22.1. The summed E-state index contributed by atoms with van der Waals surface area (Å²) in [5.74, 6) is -1.07. The van der Waals surface area contributed by atoms with Gasteiger partial charge < -0.3 is 48.7 Å². The van der Waals surface area contributed by atoms with Gasteiger partial charge in [0.15, 0.2) is 0 Å². The average Bonchev–Trinajstić information content (AvgIpc) is 4.13. The fraction of sp³-hybridized carbons (Fsp3) is 0.609. The highest BCUT2D eigenvalue weighted by Crippen LogP contribution is 2.62. The number of aliphatic hydroxyl groups excluding tert-OH is 3. The summed E-state index contributed by atoms with van der Waals surface area (Å²) in [7, 11) is 0. The molecule has 61 heavy (non-hydrogen) atoms. The lowest BCUT2D eigenvalue weighted by atomic mass is 9.55. The molecule has 1 saturated heterocycles. The van der Waals surface area contributed by atoms with Gasteiger partial charge in [0.2, 0.25) is 18.0 Å². The summed E-state index contributed by atoms with van der Waals surface area (Å²) in [6, 6.07) is 10.9. The van der Waals surface area contributed by atoms with Gasteiger partial charge in [0.1, 0.15) is 23.3 Å². The van der Waals surface area contributed by atoms with Crippen molar-refractivity contribution in [2.45, 2.75) is 101 Å². The number of carbonyl (C=O) groups is 1. The first-order chi connectivity index (χ1) is 29.8. The van der Waals surface area contributed by atoms with Crippen molar-refractivity contribution < 1.29 is 53.6 Å². The smallest absolute Gasteiger partial charge is 0.273 e. The molecule has 0 spiro atoms. The van der Waals surface area contributed by atoms with E-state index in [0.717, 1.165) is 62.5 Å². The van der Waals surface area contributed by atoms with Crippen LogP contribution in [0.5, 0.6) is 17.2 Å². The monoisotopic (exact) mass is 847 g/mol. The molecule has 5 aliphatic rings. The molecule has 2 aliphatic heterocycles. The van der Waals surface area contributed by atoms with E-state index in [0.29, 0.717) is 48.8 Å². The Labute approximate surface area is 357 Å². The molecule has 7 rings (SSSR count). The number of oxime groups is 1. The summed E-state index contributed by atoms with van der Waals surface area (Å²) < 4.78 is 32.5. The Morgan fingerprint density at radius 3 is 2.52 bits per heavy atom. The third-order valence-corrected chi connectivity index (χ3v) is 12.6. The van der Waals surface area contributed by atoms with Crippen molar-refractivity contribution in [1.82, 2.24) is 4.90 Å². The fourth-order valence-corrected chi connectivity index (χ4v) is 9.74. The highest BCUT2D eigenvalue weighted by atomic mass is 16.8. The van der Waals surface area contributed by atoms with Gasteiger partial charge in [0.25, 0.3) is 5.69 Å². The van der Waals surface area contributed by atoms with E-state index < -0.39 is 29.0 Å². The number of hydrogen-bond acceptors (Lipinski definition) is 13. The van der Waals surface area contributed by atoms with Gasteiger partial charge in [0.05, 0.1) is 55.7 Å². The summed E-state index contributed by atoms with van der Waals surface area (Å²) in [6.45, 7) is 5.25. The molecule has 1 amide bonds. The molecule has 1 unspecified atom stereocenters. The predicted octanol–water partition coefficient (Wildman–Crippen LogP) is 6.79. The third kappa shape index (κ3) is 10.3. The zero-order valence-electron chi connectivity index (χ0n) is 34.9. The predicted molar refractivity (Wildman–Crippen MR) is 225 cm³/mol. The van der Waals surface area contributed by atoms with Crippen molar-refractivity contribution in [2.24, 2.45) is 28.8 Å². The van der Waals surface area contributed by atoms with Crippen LogP contribution in [0.2, 0.25) is 0 Å². The summed E-state index contributed by atoms with van der Waals surface area (Å²) in [4.78, 5) is 33.8. The lowest BCUT2D eigenvalue weighted by molar-refractivity contribution is -0.384. The second kappa shape index (κ2) is 21.1. The van der Waals surface area contributed by atoms with Crippen LogP contribution in [-0.4, -0.2) is 108 Å². The second-order valence-electron chi connectivity index (χ2n) is 16.7. The number of aliphatic hydroxyl groups is 3. The lowest BCUT2D eigenvalue weighted by Gasteiger charge is -2.60. The van der Waals surface area contributed by atoms with Gasteiger partial charge in [-0.25, -0.2) is 0 Å². The minimum absolute atomic E-state index is 0.00974. The maximum atomic E-state index is 14.6. The standard InChI is InChI=1S/C46H61N3O12/c1-2-23-58-46-41(48(19-25-56-26-22-52)45(53)31-15-16-31)30-39(47-61-42-14-5-8-24-57-42)37-27-32(10-3-6-20-50)36(13-4-7-21-51)43(44(37)46)38-29-35(17-18-40(38)60-46)59-34-12-9-11-33(28-34)49(54)55/h2,9,11-12,17-18,27-29,31-32,36,41-44,50-52H,1,3-8,10,13-16,19-26,30H2/t32-,36+,41-,42?,43+,44+,46+/m0/s1. The van der Waals surface area contributed by atoms with Crippen LogP contribution in [0.25, 0.3) is 0 Å². The molecule has 7 atom stereocenters. The molecule has 2 aromatic rings. The number of hydrogen-bond donors (Lipinski definition) is 3. The number of amides is 1. The average molecular weight is 848 g/mol. The van der Waals surface area contributed by atoms with Crippen LogP contribution < -0.4 is 9.47 Å². The highest BCUT2D eigenvalue weighted by Gasteiger charge is 2.66. The molecule has 15 heteroatoms. The van der Waals surface area contributed by atoms with E-state index in [9.17, 15) is 30.2 Å². The van der Waals surface area contributed by atoms with Crippen LogP contribution in [0.15, 0.2) is 71.9 Å². The zero-order chi connectivity index (χ0) is 42.8. The molecule has 15 nitrogen and oxygen atoms in total. The van der Waals surface area contributed by atoms with Crippen molar-refractivity contribution in [2.75, 3.05) is 52.8 Å². The molecule has 0 radical (unpaired) electrons. The van der Waals surface area contributed by atoms with Crippen LogP contribution in [0, 0.1) is 33.8 Å². The van der Waals surface area contributed by atoms with E-state index in [1.807, 2.05) is 17.0 Å². The molecule has 0 aromatic heterocycles. The molecule has 2 saturated carbocycles. The highest BCUT2D eigenvalue weighted by molar-refractivity contribution is 6.03. The number of benzene rings is 2. The second-order valence-corrected chi connectivity index (χ2v) is 16.7. The topological polar surface area (TPSA) is 192 Å². The van der Waals surface area contributed by atoms with Crippen molar-refractivity contribution in [3.8, 4) is 17.2 Å². The number of fused-ring (bicyclic) bond motifs is 2. The summed E-state index contributed by atoms with van der Waals surface area (Å²) in [5.41, 5.74) is 2.35. The minimum Gasteiger partial charge on any atom is -0.459 e. The summed E-state index contributed by atoms with van der Waals surface area (Å²) in [5, 5.41) is 45.9. The Morgan fingerprint density at radius 1 is 1.00 bits per heavy atom. The van der Waals surface area contributed by atoms with E-state index in [2.05, 4.69) is 12.7 Å². The van der Waals surface area contributed by atoms with Gasteiger partial charge >= 0.3 is 0 Å². The number of nitro benzene ring substituents is 1. The number of carbonyl (C=O) groups excluding carboxylic acids is 1. The SMILES string of the molecule is C=CCO[C@@]12Oc3ccc(Oc4cccc([N+](=O)[O-])c4)cc3[C@H]3[C@H](CCCCO)[C@@H](CCCCO)C=C(C(=NOC4CCCCO4)C[C@@H]1N(CCOCCO)C(=O)C1CC1)[C@H]32. The normalized spacial score (nSPS) is 27.3. The van der Waals surface area contributed by atoms with Gasteiger partial charge in [-0.2, -0.15) is 0 Å². The molecule has 3 N–H and O–H groups in total. The maximum absolute atomic E-state index is 14.6. The molecule has 3 fully saturated rings. The first-order valence-corrected chi connectivity index (χ1v) is 22.1. The van der Waals surface area contributed by atoms with Crippen LogP contribution in [0.4, 0.5) is 5.69 Å². The number of nitro groups is 1. The van der Waals surface area contributed by atoms with Gasteiger partial charge in [-0.3, -0.25) is 14.9 Å². The first kappa shape index (κ1) is 44.7. The number of rotatable bonds is 23. The zero-order valence-corrected chi connectivity index (χ0v) is 34.9. The fourth-order valence-electron chi connectivity index (χ4n) is 9.74. The number of ether oxygens (including phenoxy) is 5. The van der Waals surface area contributed by atoms with Crippen LogP contribution >= 0.6 is 0 Å². The minimum atomic E-state index is -1.44. The van der Waals surface area contributed by atoms with E-state index in [4.69, 9.17) is 33.7 Å². The largest absolute Gasteiger partial charge is 0.459 e. The Bertz CT molecular complexity index is 1880. The molecule has 2 heterocycles. The van der Waals surface area contributed by atoms with Crippen molar-refractivity contribution in [3.05, 3.63) is 82.4 Å². The number of non-ortho nitro benzene ring substituents is 1. The Kier molecular flexibility index (Phi) is 15.5. The van der Waals surface area contributed by atoms with Gasteiger partial charge in [-0.1, -0.05) is 36.2 Å². The van der Waals surface area contributed by atoms with Crippen molar-refractivity contribution in [1.29, 1.82) is 0 Å². The van der Waals surface area contributed by atoms with Crippen LogP contribution in [0.1, 0.15) is 88.5 Å². The van der Waals surface area contributed by atoms with Crippen LogP contribution in [0.3, 0.4) is 0 Å². The number of allylic oxidation sites excluding steroid dienone is 1.